The molecule has 1 aliphatic carbocycles. The molecule has 124 valence electrons. The minimum Gasteiger partial charge on any atom is -0.366 e. The smallest absolute Gasteiger partial charge is 0.254 e. The van der Waals surface area contributed by atoms with E-state index < -0.39 is 17.5 Å². The SMILES string of the molecule is NC(=O)c1ccc(C(=O)N(Cc2ccc(F)cc2F)C2CC2)cc1. The Hall–Kier alpha value is -2.76. The third-order valence-electron chi connectivity index (χ3n) is 4.02. The Morgan fingerprint density at radius 1 is 1.04 bits per heavy atom. The van der Waals surface area contributed by atoms with Crippen LogP contribution in [0.3, 0.4) is 0 Å². The highest BCUT2D eigenvalue weighted by atomic mass is 19.1. The first-order valence-corrected chi connectivity index (χ1v) is 7.60. The van der Waals surface area contributed by atoms with Crippen molar-refractivity contribution in [2.24, 2.45) is 5.73 Å². The monoisotopic (exact) mass is 330 g/mol. The van der Waals surface area contributed by atoms with E-state index >= 15 is 0 Å². The summed E-state index contributed by atoms with van der Waals surface area (Å²) in [6, 6.07) is 9.42. The second-order valence-corrected chi connectivity index (χ2v) is 5.84. The Labute approximate surface area is 137 Å². The number of primary amides is 1. The van der Waals surface area contributed by atoms with Crippen molar-refractivity contribution >= 4 is 11.8 Å². The van der Waals surface area contributed by atoms with Crippen molar-refractivity contribution in [3.63, 3.8) is 0 Å². The fourth-order valence-electron chi connectivity index (χ4n) is 2.53. The summed E-state index contributed by atoms with van der Waals surface area (Å²) >= 11 is 0. The molecule has 1 aliphatic rings. The molecule has 0 spiro atoms. The van der Waals surface area contributed by atoms with Crippen molar-refractivity contribution in [3.05, 3.63) is 70.8 Å². The van der Waals surface area contributed by atoms with Crippen molar-refractivity contribution in [2.45, 2.75) is 25.4 Å². The summed E-state index contributed by atoms with van der Waals surface area (Å²) in [6.07, 6.45) is 1.71. The van der Waals surface area contributed by atoms with Gasteiger partial charge in [0.2, 0.25) is 5.91 Å². The lowest BCUT2D eigenvalue weighted by atomic mass is 10.1. The number of hydrogen-bond donors (Lipinski definition) is 1. The van der Waals surface area contributed by atoms with Crippen molar-refractivity contribution < 1.29 is 18.4 Å². The molecule has 4 nitrogen and oxygen atoms in total. The summed E-state index contributed by atoms with van der Waals surface area (Å²) < 4.78 is 26.9. The van der Waals surface area contributed by atoms with E-state index in [0.29, 0.717) is 11.1 Å². The molecule has 2 aromatic rings. The predicted octanol–water partition coefficient (Wildman–Crippen LogP) is 2.87. The van der Waals surface area contributed by atoms with Crippen LogP contribution in [0.2, 0.25) is 0 Å². The lowest BCUT2D eigenvalue weighted by molar-refractivity contribution is 0.0727. The van der Waals surface area contributed by atoms with Gasteiger partial charge in [0.15, 0.2) is 0 Å². The second-order valence-electron chi connectivity index (χ2n) is 5.84. The Morgan fingerprint density at radius 3 is 2.21 bits per heavy atom. The van der Waals surface area contributed by atoms with Crippen molar-refractivity contribution in [1.29, 1.82) is 0 Å². The molecule has 6 heteroatoms. The van der Waals surface area contributed by atoms with Crippen LogP contribution >= 0.6 is 0 Å². The first-order valence-electron chi connectivity index (χ1n) is 7.60. The van der Waals surface area contributed by atoms with E-state index in [1.807, 2.05) is 0 Å². The molecule has 0 saturated heterocycles. The van der Waals surface area contributed by atoms with Crippen LogP contribution in [0.15, 0.2) is 42.5 Å². The van der Waals surface area contributed by atoms with Crippen molar-refractivity contribution in [3.8, 4) is 0 Å². The van der Waals surface area contributed by atoms with Crippen LogP contribution in [0.4, 0.5) is 8.78 Å². The number of carbonyl (C=O) groups is 2. The van der Waals surface area contributed by atoms with Gasteiger partial charge in [0.05, 0.1) is 0 Å². The summed E-state index contributed by atoms with van der Waals surface area (Å²) in [4.78, 5) is 25.4. The van der Waals surface area contributed by atoms with Crippen LogP contribution < -0.4 is 5.73 Å². The quantitative estimate of drug-likeness (QED) is 0.916. The molecule has 2 amide bonds. The Kier molecular flexibility index (Phi) is 4.29. The number of nitrogens with two attached hydrogens (primary N) is 1. The average Bonchev–Trinajstić information content (AvgIpc) is 3.38. The number of halogens is 2. The maximum Gasteiger partial charge on any atom is 0.254 e. The molecule has 0 aromatic heterocycles. The largest absolute Gasteiger partial charge is 0.366 e. The highest BCUT2D eigenvalue weighted by Gasteiger charge is 2.33. The van der Waals surface area contributed by atoms with Crippen LogP contribution in [0.5, 0.6) is 0 Å². The molecule has 0 aliphatic heterocycles. The number of nitrogens with zero attached hydrogens (tertiary/aromatic N) is 1. The lowest BCUT2D eigenvalue weighted by Crippen LogP contribution is -2.33. The van der Waals surface area contributed by atoms with E-state index in [1.54, 1.807) is 4.90 Å². The average molecular weight is 330 g/mol. The molecule has 0 radical (unpaired) electrons. The number of rotatable bonds is 5. The standard InChI is InChI=1S/C18H16F2N2O2/c19-14-6-5-13(16(20)9-14)10-22(15-7-8-15)18(24)12-3-1-11(2-4-12)17(21)23/h1-6,9,15H,7-8,10H2,(H2,21,23). The molecule has 0 atom stereocenters. The molecule has 3 rings (SSSR count). The Bertz CT molecular complexity index is 786. The van der Waals surface area contributed by atoms with Crippen LogP contribution in [0.25, 0.3) is 0 Å². The fourth-order valence-corrected chi connectivity index (χ4v) is 2.53. The van der Waals surface area contributed by atoms with E-state index in [-0.39, 0.29) is 24.1 Å². The highest BCUT2D eigenvalue weighted by Crippen LogP contribution is 2.30. The van der Waals surface area contributed by atoms with Gasteiger partial charge < -0.3 is 10.6 Å². The maximum atomic E-state index is 13.9. The van der Waals surface area contributed by atoms with Gasteiger partial charge in [0.1, 0.15) is 11.6 Å². The number of carbonyl (C=O) groups excluding carboxylic acids is 2. The van der Waals surface area contributed by atoms with Gasteiger partial charge in [-0.2, -0.15) is 0 Å². The van der Waals surface area contributed by atoms with E-state index in [0.717, 1.165) is 18.9 Å². The van der Waals surface area contributed by atoms with Gasteiger partial charge in [0.25, 0.3) is 5.91 Å². The zero-order valence-corrected chi connectivity index (χ0v) is 12.8. The van der Waals surface area contributed by atoms with Crippen LogP contribution in [0.1, 0.15) is 39.1 Å². The molecule has 1 fully saturated rings. The molecule has 0 bridgehead atoms. The topological polar surface area (TPSA) is 63.4 Å². The molecular weight excluding hydrogens is 314 g/mol. The number of benzene rings is 2. The van der Waals surface area contributed by atoms with Gasteiger partial charge >= 0.3 is 0 Å². The zero-order chi connectivity index (χ0) is 17.3. The van der Waals surface area contributed by atoms with Gasteiger partial charge in [0, 0.05) is 35.3 Å². The second kappa shape index (κ2) is 6.39. The number of amides is 2. The lowest BCUT2D eigenvalue weighted by Gasteiger charge is -2.23. The van der Waals surface area contributed by atoms with Crippen LogP contribution in [-0.2, 0) is 6.54 Å². The van der Waals surface area contributed by atoms with E-state index in [1.165, 1.54) is 36.4 Å². The van der Waals surface area contributed by atoms with Crippen LogP contribution in [-0.4, -0.2) is 22.8 Å². The van der Waals surface area contributed by atoms with Crippen LogP contribution in [0, 0.1) is 11.6 Å². The number of hydrogen-bond acceptors (Lipinski definition) is 2. The van der Waals surface area contributed by atoms with Gasteiger partial charge in [-0.3, -0.25) is 9.59 Å². The van der Waals surface area contributed by atoms with E-state index in [2.05, 4.69) is 0 Å². The van der Waals surface area contributed by atoms with E-state index in [4.69, 9.17) is 5.73 Å². The van der Waals surface area contributed by atoms with Gasteiger partial charge in [-0.25, -0.2) is 8.78 Å². The summed E-state index contributed by atoms with van der Waals surface area (Å²) in [5.74, 6) is -2.14. The van der Waals surface area contributed by atoms with Gasteiger partial charge in [-0.1, -0.05) is 6.07 Å². The predicted molar refractivity (Wildman–Crippen MR) is 84.2 cm³/mol. The third-order valence-corrected chi connectivity index (χ3v) is 4.02. The summed E-state index contributed by atoms with van der Waals surface area (Å²) in [7, 11) is 0. The molecule has 0 heterocycles. The highest BCUT2D eigenvalue weighted by molar-refractivity contribution is 5.97. The Morgan fingerprint density at radius 2 is 1.67 bits per heavy atom. The van der Waals surface area contributed by atoms with Crippen molar-refractivity contribution in [2.75, 3.05) is 0 Å². The molecule has 2 N–H and O–H groups in total. The third kappa shape index (κ3) is 3.42. The normalized spacial score (nSPS) is 13.6. The fraction of sp³-hybridized carbons (Fsp3) is 0.222. The summed E-state index contributed by atoms with van der Waals surface area (Å²) in [5, 5.41) is 0. The minimum atomic E-state index is -0.669. The van der Waals surface area contributed by atoms with Gasteiger partial charge in [-0.05, 0) is 43.2 Å². The first kappa shape index (κ1) is 16.1. The van der Waals surface area contributed by atoms with Gasteiger partial charge in [-0.15, -0.1) is 0 Å². The maximum absolute atomic E-state index is 13.9. The first-order chi connectivity index (χ1) is 11.5. The van der Waals surface area contributed by atoms with E-state index in [9.17, 15) is 18.4 Å². The van der Waals surface area contributed by atoms with Crippen molar-refractivity contribution in [1.82, 2.24) is 4.90 Å². The molecule has 24 heavy (non-hydrogen) atoms. The summed E-state index contributed by atoms with van der Waals surface area (Å²) in [6.45, 7) is 0.0766. The minimum absolute atomic E-state index is 0.0535. The molecule has 2 aromatic carbocycles. The molecular formula is C18H16F2N2O2. The Balaban J connectivity index is 1.82. The zero-order valence-electron chi connectivity index (χ0n) is 12.8. The molecule has 1 saturated carbocycles. The molecule has 0 unspecified atom stereocenters. The summed E-state index contributed by atoms with van der Waals surface area (Å²) in [5.41, 5.74) is 6.16.